The van der Waals surface area contributed by atoms with E-state index in [1.807, 2.05) is 18.2 Å². The summed E-state index contributed by atoms with van der Waals surface area (Å²) >= 11 is 5.67. The van der Waals surface area contributed by atoms with Crippen molar-refractivity contribution in [3.63, 3.8) is 0 Å². The first-order valence-electron chi connectivity index (χ1n) is 6.04. The van der Waals surface area contributed by atoms with Crippen LogP contribution in [0.5, 0.6) is 0 Å². The first kappa shape index (κ1) is 12.2. The molecule has 2 rings (SSSR count). The van der Waals surface area contributed by atoms with Gasteiger partial charge in [-0.15, -0.1) is 11.6 Å². The molecule has 1 aromatic carbocycles. The molecule has 4 heteroatoms. The number of rotatable bonds is 3. The first-order chi connectivity index (χ1) is 8.31. The zero-order valence-corrected chi connectivity index (χ0v) is 10.7. The van der Waals surface area contributed by atoms with Crippen LogP contribution in [-0.4, -0.2) is 24.8 Å². The number of alkyl halides is 1. The second kappa shape index (κ2) is 5.92. The molecule has 1 fully saturated rings. The zero-order chi connectivity index (χ0) is 12.1. The lowest BCUT2D eigenvalue weighted by molar-refractivity contribution is 0.578. The summed E-state index contributed by atoms with van der Waals surface area (Å²) in [6.07, 6.45) is 3.83. The Morgan fingerprint density at radius 2 is 1.94 bits per heavy atom. The van der Waals surface area contributed by atoms with Crippen molar-refractivity contribution in [2.45, 2.75) is 19.3 Å². The summed E-state index contributed by atoms with van der Waals surface area (Å²) in [5, 5.41) is 0. The van der Waals surface area contributed by atoms with Gasteiger partial charge in [0.15, 0.2) is 0 Å². The van der Waals surface area contributed by atoms with Crippen molar-refractivity contribution in [3.05, 3.63) is 24.3 Å². The van der Waals surface area contributed by atoms with E-state index in [-0.39, 0.29) is 5.88 Å². The fourth-order valence-electron chi connectivity index (χ4n) is 2.15. The molecule has 3 nitrogen and oxygen atoms in total. The molecule has 1 heterocycles. The standard InChI is InChI=1S/C13H18ClN3/c14-10-13(15)16-11-6-2-3-7-12(11)17-8-4-1-5-9-17/h2-3,6-7H,1,4-5,8-10H2,(H2,15,16). The van der Waals surface area contributed by atoms with Crippen molar-refractivity contribution in [1.29, 1.82) is 0 Å². The number of hydrogen-bond acceptors (Lipinski definition) is 2. The van der Waals surface area contributed by atoms with Crippen LogP contribution in [0.2, 0.25) is 0 Å². The normalized spacial score (nSPS) is 17.2. The van der Waals surface area contributed by atoms with E-state index < -0.39 is 0 Å². The largest absolute Gasteiger partial charge is 0.386 e. The molecular weight excluding hydrogens is 234 g/mol. The number of benzene rings is 1. The summed E-state index contributed by atoms with van der Waals surface area (Å²) in [6, 6.07) is 8.11. The molecule has 0 aliphatic carbocycles. The molecule has 0 unspecified atom stereocenters. The summed E-state index contributed by atoms with van der Waals surface area (Å²) in [7, 11) is 0. The van der Waals surface area contributed by atoms with E-state index >= 15 is 0 Å². The highest BCUT2D eigenvalue weighted by Crippen LogP contribution is 2.30. The van der Waals surface area contributed by atoms with Gasteiger partial charge in [-0.1, -0.05) is 12.1 Å². The Morgan fingerprint density at radius 1 is 1.24 bits per heavy atom. The average Bonchev–Trinajstić information content (AvgIpc) is 2.40. The lowest BCUT2D eigenvalue weighted by atomic mass is 10.1. The number of anilines is 1. The van der Waals surface area contributed by atoms with Gasteiger partial charge in [0.1, 0.15) is 5.84 Å². The van der Waals surface area contributed by atoms with E-state index in [1.54, 1.807) is 0 Å². The summed E-state index contributed by atoms with van der Waals surface area (Å²) in [6.45, 7) is 2.21. The van der Waals surface area contributed by atoms with Crippen LogP contribution in [0.4, 0.5) is 11.4 Å². The van der Waals surface area contributed by atoms with E-state index in [0.717, 1.165) is 18.8 Å². The SMILES string of the molecule is NC(CCl)=Nc1ccccc1N1CCCCC1. The highest BCUT2D eigenvalue weighted by atomic mass is 35.5. The topological polar surface area (TPSA) is 41.6 Å². The third kappa shape index (κ3) is 3.13. The quantitative estimate of drug-likeness (QED) is 0.510. The zero-order valence-electron chi connectivity index (χ0n) is 9.90. The first-order valence-corrected chi connectivity index (χ1v) is 6.57. The molecule has 0 atom stereocenters. The molecule has 1 aliphatic rings. The van der Waals surface area contributed by atoms with Crippen LogP contribution < -0.4 is 10.6 Å². The second-order valence-corrected chi connectivity index (χ2v) is 4.54. The molecule has 1 aromatic rings. The van der Waals surface area contributed by atoms with Crippen LogP contribution >= 0.6 is 11.6 Å². The van der Waals surface area contributed by atoms with Crippen molar-refractivity contribution < 1.29 is 0 Å². The van der Waals surface area contributed by atoms with Gasteiger partial charge in [0.05, 0.1) is 17.3 Å². The molecule has 1 aliphatic heterocycles. The van der Waals surface area contributed by atoms with Crippen molar-refractivity contribution in [2.75, 3.05) is 23.9 Å². The smallest absolute Gasteiger partial charge is 0.115 e. The van der Waals surface area contributed by atoms with E-state index in [0.29, 0.717) is 5.84 Å². The average molecular weight is 252 g/mol. The number of halogens is 1. The van der Waals surface area contributed by atoms with Gasteiger partial charge in [-0.3, -0.25) is 0 Å². The highest BCUT2D eigenvalue weighted by Gasteiger charge is 2.13. The molecule has 92 valence electrons. The van der Waals surface area contributed by atoms with Gasteiger partial charge >= 0.3 is 0 Å². The molecule has 0 radical (unpaired) electrons. The summed E-state index contributed by atoms with van der Waals surface area (Å²) < 4.78 is 0. The number of amidine groups is 1. The van der Waals surface area contributed by atoms with Crippen molar-refractivity contribution in [1.82, 2.24) is 0 Å². The number of piperidine rings is 1. The van der Waals surface area contributed by atoms with Gasteiger partial charge in [0.2, 0.25) is 0 Å². The molecule has 17 heavy (non-hydrogen) atoms. The predicted octanol–water partition coefficient (Wildman–Crippen LogP) is 2.90. The van der Waals surface area contributed by atoms with Crippen LogP contribution in [0, 0.1) is 0 Å². The van der Waals surface area contributed by atoms with Gasteiger partial charge in [0.25, 0.3) is 0 Å². The number of nitrogens with zero attached hydrogens (tertiary/aromatic N) is 2. The minimum atomic E-state index is 0.272. The van der Waals surface area contributed by atoms with Crippen LogP contribution in [0.15, 0.2) is 29.3 Å². The monoisotopic (exact) mass is 251 g/mol. The van der Waals surface area contributed by atoms with Crippen LogP contribution in [0.1, 0.15) is 19.3 Å². The van der Waals surface area contributed by atoms with Gasteiger partial charge in [0, 0.05) is 13.1 Å². The van der Waals surface area contributed by atoms with Gasteiger partial charge < -0.3 is 10.6 Å². The maximum atomic E-state index is 5.70. The van der Waals surface area contributed by atoms with Gasteiger partial charge in [-0.05, 0) is 31.4 Å². The Labute approximate surface area is 107 Å². The Morgan fingerprint density at radius 3 is 2.65 bits per heavy atom. The molecule has 0 saturated carbocycles. The van der Waals surface area contributed by atoms with E-state index in [1.165, 1.54) is 24.9 Å². The van der Waals surface area contributed by atoms with Gasteiger partial charge in [-0.25, -0.2) is 4.99 Å². The van der Waals surface area contributed by atoms with E-state index in [2.05, 4.69) is 16.0 Å². The Bertz CT molecular complexity index is 397. The summed E-state index contributed by atoms with van der Waals surface area (Å²) in [5.41, 5.74) is 7.79. The molecule has 0 aromatic heterocycles. The third-order valence-corrected chi connectivity index (χ3v) is 3.25. The minimum absolute atomic E-state index is 0.272. The van der Waals surface area contributed by atoms with Crippen LogP contribution in [-0.2, 0) is 0 Å². The summed E-state index contributed by atoms with van der Waals surface area (Å²) in [4.78, 5) is 6.75. The highest BCUT2D eigenvalue weighted by molar-refractivity contribution is 6.28. The Hall–Kier alpha value is -1.22. The van der Waals surface area contributed by atoms with Crippen molar-refractivity contribution >= 4 is 28.8 Å². The molecular formula is C13H18ClN3. The minimum Gasteiger partial charge on any atom is -0.386 e. The maximum absolute atomic E-state index is 5.70. The maximum Gasteiger partial charge on any atom is 0.115 e. The molecule has 1 saturated heterocycles. The molecule has 0 bridgehead atoms. The third-order valence-electron chi connectivity index (χ3n) is 2.98. The molecule has 0 amide bonds. The van der Waals surface area contributed by atoms with Crippen molar-refractivity contribution in [3.8, 4) is 0 Å². The number of hydrogen-bond donors (Lipinski definition) is 1. The lowest BCUT2D eigenvalue weighted by Gasteiger charge is -2.29. The lowest BCUT2D eigenvalue weighted by Crippen LogP contribution is -2.29. The van der Waals surface area contributed by atoms with Crippen LogP contribution in [0.25, 0.3) is 0 Å². The van der Waals surface area contributed by atoms with Crippen molar-refractivity contribution in [2.24, 2.45) is 10.7 Å². The fraction of sp³-hybridized carbons (Fsp3) is 0.462. The van der Waals surface area contributed by atoms with Crippen LogP contribution in [0.3, 0.4) is 0 Å². The predicted molar refractivity (Wildman–Crippen MR) is 74.5 cm³/mol. The fourth-order valence-corrected chi connectivity index (χ4v) is 2.21. The summed E-state index contributed by atoms with van der Waals surface area (Å²) in [5.74, 6) is 0.741. The van der Waals surface area contributed by atoms with Gasteiger partial charge in [-0.2, -0.15) is 0 Å². The number of aliphatic imine (C=N–C) groups is 1. The number of nitrogens with two attached hydrogens (primary N) is 1. The Balaban J connectivity index is 2.26. The second-order valence-electron chi connectivity index (χ2n) is 4.27. The molecule has 2 N–H and O–H groups in total. The molecule has 0 spiro atoms. The Kier molecular flexibility index (Phi) is 4.26. The number of para-hydroxylation sites is 2. The van der Waals surface area contributed by atoms with E-state index in [4.69, 9.17) is 17.3 Å². The van der Waals surface area contributed by atoms with E-state index in [9.17, 15) is 0 Å².